The van der Waals surface area contributed by atoms with Crippen molar-refractivity contribution >= 4 is 18.3 Å². The lowest BCUT2D eigenvalue weighted by Gasteiger charge is -2.46. The smallest absolute Gasteiger partial charge is 0.240 e. The zero-order chi connectivity index (χ0) is 21.1. The van der Waals surface area contributed by atoms with Crippen molar-refractivity contribution in [3.8, 4) is 0 Å². The van der Waals surface area contributed by atoms with Gasteiger partial charge in [0.25, 0.3) is 0 Å². The highest BCUT2D eigenvalue weighted by Gasteiger charge is 2.47. The highest BCUT2D eigenvalue weighted by molar-refractivity contribution is 7.89. The molecule has 2 rings (SSSR count). The Labute approximate surface area is 173 Å². The van der Waals surface area contributed by atoms with E-state index in [4.69, 9.17) is 4.43 Å². The predicted octanol–water partition coefficient (Wildman–Crippen LogP) is 5.55. The van der Waals surface area contributed by atoms with Crippen molar-refractivity contribution in [2.75, 3.05) is 0 Å². The molecule has 0 bridgehead atoms. The van der Waals surface area contributed by atoms with E-state index in [-0.39, 0.29) is 12.1 Å². The first-order chi connectivity index (χ1) is 13.0. The van der Waals surface area contributed by atoms with Crippen LogP contribution in [-0.4, -0.2) is 28.9 Å². The molecule has 1 aliphatic rings. The molecular formula is C22H37NO3SSi. The van der Waals surface area contributed by atoms with E-state index in [0.717, 1.165) is 12.0 Å². The predicted molar refractivity (Wildman–Crippen MR) is 120 cm³/mol. The van der Waals surface area contributed by atoms with E-state index in [1.807, 2.05) is 19.1 Å². The van der Waals surface area contributed by atoms with Gasteiger partial charge in [-0.3, -0.25) is 0 Å². The highest BCUT2D eigenvalue weighted by Crippen LogP contribution is 2.44. The first-order valence-corrected chi connectivity index (χ1v) is 14.0. The van der Waals surface area contributed by atoms with Crippen molar-refractivity contribution in [3.63, 3.8) is 0 Å². The maximum absolute atomic E-state index is 12.9. The molecule has 1 aromatic carbocycles. The minimum absolute atomic E-state index is 0.121. The normalized spacial score (nSPS) is 21.1. The van der Waals surface area contributed by atoms with Gasteiger partial charge in [-0.05, 0) is 48.5 Å². The third-order valence-corrected chi connectivity index (χ3v) is 13.7. The van der Waals surface area contributed by atoms with Gasteiger partial charge in [-0.25, -0.2) is 13.1 Å². The van der Waals surface area contributed by atoms with Crippen LogP contribution in [0.4, 0.5) is 0 Å². The molecule has 0 aromatic heterocycles. The second kappa shape index (κ2) is 9.24. The molecule has 0 fully saturated rings. The monoisotopic (exact) mass is 423 g/mol. The maximum atomic E-state index is 12.9. The lowest BCUT2D eigenvalue weighted by Crippen LogP contribution is -2.55. The molecule has 1 aliphatic carbocycles. The van der Waals surface area contributed by atoms with Crippen LogP contribution in [0, 0.1) is 6.92 Å². The maximum Gasteiger partial charge on any atom is 0.240 e. The Morgan fingerprint density at radius 1 is 0.929 bits per heavy atom. The molecule has 0 unspecified atom stereocenters. The van der Waals surface area contributed by atoms with E-state index in [1.165, 1.54) is 0 Å². The Kier molecular flexibility index (Phi) is 7.70. The second-order valence-electron chi connectivity index (χ2n) is 8.96. The van der Waals surface area contributed by atoms with E-state index >= 15 is 0 Å². The number of hydrogen-bond acceptors (Lipinski definition) is 3. The van der Waals surface area contributed by atoms with Crippen LogP contribution >= 0.6 is 0 Å². The highest BCUT2D eigenvalue weighted by atomic mass is 32.2. The molecule has 6 heteroatoms. The van der Waals surface area contributed by atoms with Gasteiger partial charge in [-0.2, -0.15) is 0 Å². The molecule has 0 aliphatic heterocycles. The summed E-state index contributed by atoms with van der Waals surface area (Å²) in [5.74, 6) is 0. The van der Waals surface area contributed by atoms with Gasteiger partial charge in [-0.15, -0.1) is 0 Å². The molecule has 2 atom stereocenters. The summed E-state index contributed by atoms with van der Waals surface area (Å²) >= 11 is 0. The van der Waals surface area contributed by atoms with Crippen molar-refractivity contribution < 1.29 is 12.8 Å². The van der Waals surface area contributed by atoms with Crippen molar-refractivity contribution in [2.45, 2.75) is 95.0 Å². The fraction of sp³-hybridized carbons (Fsp3) is 0.636. The van der Waals surface area contributed by atoms with Gasteiger partial charge in [0.05, 0.1) is 17.0 Å². The summed E-state index contributed by atoms with van der Waals surface area (Å²) in [5.41, 5.74) is 2.44. The Morgan fingerprint density at radius 3 is 1.93 bits per heavy atom. The molecule has 0 spiro atoms. The summed E-state index contributed by atoms with van der Waals surface area (Å²) in [6, 6.07) is 6.76. The van der Waals surface area contributed by atoms with Crippen LogP contribution in [-0.2, 0) is 14.4 Å². The molecule has 158 valence electrons. The zero-order valence-electron chi connectivity index (χ0n) is 18.4. The summed E-state index contributed by atoms with van der Waals surface area (Å²) in [5, 5.41) is 0. The summed E-state index contributed by atoms with van der Waals surface area (Å²) in [7, 11) is -5.66. The van der Waals surface area contributed by atoms with E-state index in [1.54, 1.807) is 12.1 Å². The van der Waals surface area contributed by atoms with Gasteiger partial charge in [-0.1, -0.05) is 71.4 Å². The third kappa shape index (κ3) is 4.96. The van der Waals surface area contributed by atoms with Gasteiger partial charge in [0.1, 0.15) is 0 Å². The molecule has 4 nitrogen and oxygen atoms in total. The molecule has 1 aromatic rings. The molecule has 0 saturated carbocycles. The lowest BCUT2D eigenvalue weighted by molar-refractivity contribution is 0.137. The van der Waals surface area contributed by atoms with Crippen molar-refractivity contribution in [1.29, 1.82) is 0 Å². The van der Waals surface area contributed by atoms with Gasteiger partial charge in [0.15, 0.2) is 0 Å². The summed E-state index contributed by atoms with van der Waals surface area (Å²) in [4.78, 5) is 0.312. The molecular weight excluding hydrogens is 386 g/mol. The van der Waals surface area contributed by atoms with Crippen molar-refractivity contribution in [3.05, 3.63) is 42.0 Å². The second-order valence-corrected chi connectivity index (χ2v) is 16.1. The Balaban J connectivity index is 2.29. The summed E-state index contributed by atoms with van der Waals surface area (Å²) < 4.78 is 35.8. The van der Waals surface area contributed by atoms with Gasteiger partial charge >= 0.3 is 0 Å². The molecule has 0 saturated heterocycles. The standard InChI is InChI=1S/C22H37NO3SSi/c1-16(2)28(17(3)4,18(5)6)26-22-11-9-8-10-21(22)23-27(24,25)20-14-12-19(7)13-15-20/h8-9,12-18,21-23H,10-11H2,1-7H3/t21-,22+/m1/s1. The molecule has 0 amide bonds. The Bertz CT molecular complexity index is 748. The SMILES string of the molecule is Cc1ccc(S(=O)(=O)N[C@@H]2CC=CC[C@@H]2O[Si](C(C)C)(C(C)C)C(C)C)cc1. The molecule has 0 radical (unpaired) electrons. The van der Waals surface area contributed by atoms with Gasteiger partial charge in [0.2, 0.25) is 18.3 Å². The third-order valence-electron chi connectivity index (χ3n) is 6.07. The van der Waals surface area contributed by atoms with E-state index in [0.29, 0.717) is 27.9 Å². The number of aryl methyl sites for hydroxylation is 1. The van der Waals surface area contributed by atoms with E-state index in [9.17, 15) is 8.42 Å². The van der Waals surface area contributed by atoms with Crippen LogP contribution in [0.15, 0.2) is 41.3 Å². The first kappa shape index (κ1) is 23.3. The number of hydrogen-bond donors (Lipinski definition) is 1. The van der Waals surface area contributed by atoms with E-state index in [2.05, 4.69) is 58.4 Å². The van der Waals surface area contributed by atoms with E-state index < -0.39 is 18.3 Å². The van der Waals surface area contributed by atoms with Gasteiger partial charge < -0.3 is 4.43 Å². The Morgan fingerprint density at radius 2 is 1.43 bits per heavy atom. The van der Waals surface area contributed by atoms with Crippen LogP contribution in [0.3, 0.4) is 0 Å². The topological polar surface area (TPSA) is 55.4 Å². The Hall–Kier alpha value is -0.953. The fourth-order valence-electron chi connectivity index (χ4n) is 4.70. The number of rotatable bonds is 8. The van der Waals surface area contributed by atoms with Crippen LogP contribution in [0.5, 0.6) is 0 Å². The van der Waals surface area contributed by atoms with Gasteiger partial charge in [0, 0.05) is 0 Å². The average Bonchev–Trinajstić information content (AvgIpc) is 2.60. The average molecular weight is 424 g/mol. The van der Waals surface area contributed by atoms with Crippen molar-refractivity contribution in [2.24, 2.45) is 0 Å². The number of sulfonamides is 1. The minimum atomic E-state index is -3.57. The molecule has 28 heavy (non-hydrogen) atoms. The summed E-state index contributed by atoms with van der Waals surface area (Å²) in [6.45, 7) is 15.5. The lowest BCUT2D eigenvalue weighted by atomic mass is 10.00. The summed E-state index contributed by atoms with van der Waals surface area (Å²) in [6.07, 6.45) is 5.48. The molecule has 1 N–H and O–H groups in total. The van der Waals surface area contributed by atoms with Crippen LogP contribution in [0.2, 0.25) is 16.6 Å². The largest absolute Gasteiger partial charge is 0.411 e. The van der Waals surface area contributed by atoms with Crippen molar-refractivity contribution in [1.82, 2.24) is 4.72 Å². The number of benzene rings is 1. The van der Waals surface area contributed by atoms with Crippen LogP contribution in [0.25, 0.3) is 0 Å². The zero-order valence-corrected chi connectivity index (χ0v) is 20.2. The molecule has 0 heterocycles. The first-order valence-electron chi connectivity index (χ1n) is 10.4. The fourth-order valence-corrected chi connectivity index (χ4v) is 11.6. The quantitative estimate of drug-likeness (QED) is 0.440. The minimum Gasteiger partial charge on any atom is -0.411 e. The number of nitrogens with one attached hydrogen (secondary N) is 1. The van der Waals surface area contributed by atoms with Crippen LogP contribution < -0.4 is 4.72 Å². The van der Waals surface area contributed by atoms with Crippen LogP contribution in [0.1, 0.15) is 59.9 Å².